The van der Waals surface area contributed by atoms with Gasteiger partial charge >= 0.3 is 0 Å². The van der Waals surface area contributed by atoms with Crippen molar-refractivity contribution in [2.24, 2.45) is 0 Å². The molecule has 1 aliphatic carbocycles. The molecule has 0 saturated heterocycles. The zero-order chi connectivity index (χ0) is 20.9. The van der Waals surface area contributed by atoms with Gasteiger partial charge in [-0.05, 0) is 61.6 Å². The SMILES string of the molecule is Cc1ccccc1Cn1cccc1CN(C(=O)c1ccccc1C)C1CCCCC1. The van der Waals surface area contributed by atoms with Gasteiger partial charge in [0.2, 0.25) is 0 Å². The monoisotopic (exact) mass is 400 g/mol. The van der Waals surface area contributed by atoms with E-state index in [2.05, 4.69) is 59.0 Å². The normalized spacial score (nSPS) is 14.6. The van der Waals surface area contributed by atoms with Crippen molar-refractivity contribution in [3.8, 4) is 0 Å². The lowest BCUT2D eigenvalue weighted by atomic mass is 9.93. The molecular formula is C27H32N2O. The van der Waals surface area contributed by atoms with Crippen LogP contribution in [0.1, 0.15) is 64.8 Å². The standard InChI is InChI=1S/C27H32N2O/c1-21-11-6-8-13-23(21)19-28-18-10-16-25(28)20-29(24-14-4-3-5-15-24)27(30)26-17-9-7-12-22(26)2/h6-13,16-18,24H,3-5,14-15,19-20H2,1-2H3. The highest BCUT2D eigenvalue weighted by Crippen LogP contribution is 2.27. The predicted molar refractivity (Wildman–Crippen MR) is 123 cm³/mol. The van der Waals surface area contributed by atoms with E-state index >= 15 is 0 Å². The van der Waals surface area contributed by atoms with Crippen molar-refractivity contribution in [1.82, 2.24) is 9.47 Å². The Morgan fingerprint density at radius 1 is 0.900 bits per heavy atom. The molecule has 30 heavy (non-hydrogen) atoms. The van der Waals surface area contributed by atoms with Crippen LogP contribution < -0.4 is 0 Å². The van der Waals surface area contributed by atoms with Gasteiger partial charge < -0.3 is 9.47 Å². The van der Waals surface area contributed by atoms with Gasteiger partial charge in [-0.3, -0.25) is 4.79 Å². The maximum Gasteiger partial charge on any atom is 0.254 e. The van der Waals surface area contributed by atoms with E-state index in [-0.39, 0.29) is 5.91 Å². The molecule has 1 heterocycles. The van der Waals surface area contributed by atoms with Crippen LogP contribution in [0.4, 0.5) is 0 Å². The number of benzene rings is 2. The number of amides is 1. The second kappa shape index (κ2) is 9.34. The first-order valence-corrected chi connectivity index (χ1v) is 11.2. The maximum absolute atomic E-state index is 13.6. The summed E-state index contributed by atoms with van der Waals surface area (Å²) in [7, 11) is 0. The van der Waals surface area contributed by atoms with Crippen LogP contribution >= 0.6 is 0 Å². The Morgan fingerprint density at radius 2 is 1.60 bits per heavy atom. The molecule has 0 aliphatic heterocycles. The van der Waals surface area contributed by atoms with E-state index in [1.165, 1.54) is 36.1 Å². The third-order valence-electron chi connectivity index (χ3n) is 6.51. The minimum Gasteiger partial charge on any atom is -0.345 e. The summed E-state index contributed by atoms with van der Waals surface area (Å²) in [4.78, 5) is 15.8. The average Bonchev–Trinajstić information content (AvgIpc) is 3.21. The quantitative estimate of drug-likeness (QED) is 0.489. The molecule has 0 radical (unpaired) electrons. The Kier molecular flexibility index (Phi) is 6.37. The zero-order valence-corrected chi connectivity index (χ0v) is 18.2. The fraction of sp³-hybridized carbons (Fsp3) is 0.370. The lowest BCUT2D eigenvalue weighted by molar-refractivity contribution is 0.0608. The second-order valence-corrected chi connectivity index (χ2v) is 8.59. The minimum absolute atomic E-state index is 0.170. The Labute approximate surface area is 180 Å². The molecule has 0 spiro atoms. The lowest BCUT2D eigenvalue weighted by Gasteiger charge is -2.35. The number of hydrogen-bond acceptors (Lipinski definition) is 1. The molecule has 1 saturated carbocycles. The first-order valence-electron chi connectivity index (χ1n) is 11.2. The second-order valence-electron chi connectivity index (χ2n) is 8.59. The molecule has 156 valence electrons. The summed E-state index contributed by atoms with van der Waals surface area (Å²) >= 11 is 0. The van der Waals surface area contributed by atoms with Gasteiger partial charge in [0, 0.05) is 30.0 Å². The van der Waals surface area contributed by atoms with Gasteiger partial charge in [0.1, 0.15) is 0 Å². The van der Waals surface area contributed by atoms with Crippen LogP contribution in [0.5, 0.6) is 0 Å². The number of aryl methyl sites for hydroxylation is 2. The number of rotatable bonds is 6. The van der Waals surface area contributed by atoms with Crippen LogP contribution in [0, 0.1) is 13.8 Å². The van der Waals surface area contributed by atoms with Crippen LogP contribution in [-0.2, 0) is 13.1 Å². The number of aromatic nitrogens is 1. The van der Waals surface area contributed by atoms with Gasteiger partial charge in [0.15, 0.2) is 0 Å². The Morgan fingerprint density at radius 3 is 2.33 bits per heavy atom. The molecule has 1 aromatic heterocycles. The molecule has 3 heteroatoms. The van der Waals surface area contributed by atoms with Crippen molar-refractivity contribution in [3.05, 3.63) is 94.8 Å². The lowest BCUT2D eigenvalue weighted by Crippen LogP contribution is -2.41. The summed E-state index contributed by atoms with van der Waals surface area (Å²) in [5.74, 6) is 0.170. The van der Waals surface area contributed by atoms with Gasteiger partial charge in [0.25, 0.3) is 5.91 Å². The summed E-state index contributed by atoms with van der Waals surface area (Å²) in [6, 6.07) is 21.1. The molecule has 1 amide bonds. The molecule has 4 rings (SSSR count). The zero-order valence-electron chi connectivity index (χ0n) is 18.2. The van der Waals surface area contributed by atoms with Gasteiger partial charge in [-0.1, -0.05) is 61.7 Å². The minimum atomic E-state index is 0.170. The predicted octanol–water partition coefficient (Wildman–Crippen LogP) is 6.13. The average molecular weight is 401 g/mol. The van der Waals surface area contributed by atoms with E-state index in [1.54, 1.807) is 0 Å². The third kappa shape index (κ3) is 4.51. The van der Waals surface area contributed by atoms with E-state index in [0.717, 1.165) is 30.5 Å². The molecule has 0 unspecified atom stereocenters. The topological polar surface area (TPSA) is 25.2 Å². The summed E-state index contributed by atoms with van der Waals surface area (Å²) in [5, 5.41) is 0. The fourth-order valence-corrected chi connectivity index (χ4v) is 4.62. The highest BCUT2D eigenvalue weighted by Gasteiger charge is 2.27. The first kappa shape index (κ1) is 20.5. The Balaban J connectivity index is 1.61. The van der Waals surface area contributed by atoms with Gasteiger partial charge in [-0.2, -0.15) is 0 Å². The molecule has 3 aromatic rings. The molecule has 0 bridgehead atoms. The summed E-state index contributed by atoms with van der Waals surface area (Å²) in [6.07, 6.45) is 8.07. The Bertz CT molecular complexity index is 997. The summed E-state index contributed by atoms with van der Waals surface area (Å²) < 4.78 is 2.29. The maximum atomic E-state index is 13.6. The van der Waals surface area contributed by atoms with Crippen LogP contribution in [-0.4, -0.2) is 21.4 Å². The highest BCUT2D eigenvalue weighted by molar-refractivity contribution is 5.95. The summed E-state index contributed by atoms with van der Waals surface area (Å²) in [6.45, 7) is 5.70. The van der Waals surface area contributed by atoms with E-state index in [0.29, 0.717) is 12.6 Å². The van der Waals surface area contributed by atoms with Crippen LogP contribution in [0.15, 0.2) is 66.9 Å². The van der Waals surface area contributed by atoms with Crippen molar-refractivity contribution in [2.75, 3.05) is 0 Å². The number of nitrogens with zero attached hydrogens (tertiary/aromatic N) is 2. The van der Waals surface area contributed by atoms with E-state index in [1.807, 2.05) is 31.2 Å². The highest BCUT2D eigenvalue weighted by atomic mass is 16.2. The largest absolute Gasteiger partial charge is 0.345 e. The molecule has 3 nitrogen and oxygen atoms in total. The Hall–Kier alpha value is -2.81. The van der Waals surface area contributed by atoms with Crippen molar-refractivity contribution >= 4 is 5.91 Å². The van der Waals surface area contributed by atoms with E-state index < -0.39 is 0 Å². The van der Waals surface area contributed by atoms with Crippen molar-refractivity contribution in [3.63, 3.8) is 0 Å². The van der Waals surface area contributed by atoms with Gasteiger partial charge in [-0.25, -0.2) is 0 Å². The first-order chi connectivity index (χ1) is 14.6. The number of hydrogen-bond donors (Lipinski definition) is 0. The van der Waals surface area contributed by atoms with Crippen LogP contribution in [0.3, 0.4) is 0 Å². The molecular weight excluding hydrogens is 368 g/mol. The molecule has 2 aromatic carbocycles. The fourth-order valence-electron chi connectivity index (χ4n) is 4.62. The molecule has 0 atom stereocenters. The summed E-state index contributed by atoms with van der Waals surface area (Å²) in [5.41, 5.74) is 5.71. The van der Waals surface area contributed by atoms with E-state index in [9.17, 15) is 4.79 Å². The van der Waals surface area contributed by atoms with Gasteiger partial charge in [-0.15, -0.1) is 0 Å². The van der Waals surface area contributed by atoms with Crippen molar-refractivity contribution in [1.29, 1.82) is 0 Å². The van der Waals surface area contributed by atoms with Crippen molar-refractivity contribution in [2.45, 2.75) is 65.1 Å². The van der Waals surface area contributed by atoms with Crippen LogP contribution in [0.25, 0.3) is 0 Å². The number of carbonyl (C=O) groups excluding carboxylic acids is 1. The molecule has 0 N–H and O–H groups in total. The number of carbonyl (C=O) groups is 1. The molecule has 1 fully saturated rings. The van der Waals surface area contributed by atoms with E-state index in [4.69, 9.17) is 0 Å². The molecule has 1 aliphatic rings. The van der Waals surface area contributed by atoms with Gasteiger partial charge in [0.05, 0.1) is 6.54 Å². The smallest absolute Gasteiger partial charge is 0.254 e. The van der Waals surface area contributed by atoms with Crippen LogP contribution in [0.2, 0.25) is 0 Å². The third-order valence-corrected chi connectivity index (χ3v) is 6.51. The van der Waals surface area contributed by atoms with Crippen molar-refractivity contribution < 1.29 is 4.79 Å².